The van der Waals surface area contributed by atoms with Crippen molar-refractivity contribution < 1.29 is 5.11 Å². The van der Waals surface area contributed by atoms with Gasteiger partial charge in [-0.3, -0.25) is 0 Å². The van der Waals surface area contributed by atoms with Crippen LogP contribution in [0.5, 0.6) is 0 Å². The third kappa shape index (κ3) is 4.23. The van der Waals surface area contributed by atoms with E-state index in [1.165, 1.54) is 12.8 Å². The van der Waals surface area contributed by atoms with Gasteiger partial charge >= 0.3 is 0 Å². The fourth-order valence-electron chi connectivity index (χ4n) is 3.30. The molecule has 0 heterocycles. The van der Waals surface area contributed by atoms with Gasteiger partial charge in [0.15, 0.2) is 0 Å². The van der Waals surface area contributed by atoms with Crippen LogP contribution in [0.2, 0.25) is 0 Å². The normalized spacial score (nSPS) is 29.8. The summed E-state index contributed by atoms with van der Waals surface area (Å²) in [6.45, 7) is 11.7. The van der Waals surface area contributed by atoms with E-state index < -0.39 is 0 Å². The first-order valence-corrected chi connectivity index (χ1v) is 6.96. The molecule has 2 N–H and O–H groups in total. The van der Waals surface area contributed by atoms with Gasteiger partial charge in [0.2, 0.25) is 0 Å². The number of aliphatic hydroxyl groups is 1. The minimum Gasteiger partial charge on any atom is -0.392 e. The van der Waals surface area contributed by atoms with E-state index in [0.717, 1.165) is 19.6 Å². The molecule has 1 fully saturated rings. The first-order valence-electron chi connectivity index (χ1n) is 6.96. The second kappa shape index (κ2) is 6.17. The van der Waals surface area contributed by atoms with E-state index in [1.807, 2.05) is 6.92 Å². The van der Waals surface area contributed by atoms with Gasteiger partial charge < -0.3 is 15.3 Å². The minimum atomic E-state index is -0.230. The van der Waals surface area contributed by atoms with Crippen molar-refractivity contribution in [2.45, 2.75) is 52.7 Å². The standard InChI is InChI=1S/C14H30N2O/c1-6-15-13-12(7-8-14(13,3)4)10-16(5)9-11(2)17/h11-13,15,17H,6-10H2,1-5H3. The Labute approximate surface area is 107 Å². The van der Waals surface area contributed by atoms with Crippen LogP contribution in [-0.2, 0) is 0 Å². The average Bonchev–Trinajstić information content (AvgIpc) is 2.44. The van der Waals surface area contributed by atoms with Crippen LogP contribution in [0.15, 0.2) is 0 Å². The van der Waals surface area contributed by atoms with Crippen molar-refractivity contribution >= 4 is 0 Å². The number of aliphatic hydroxyl groups excluding tert-OH is 1. The van der Waals surface area contributed by atoms with Gasteiger partial charge in [-0.25, -0.2) is 0 Å². The summed E-state index contributed by atoms with van der Waals surface area (Å²) in [5, 5.41) is 13.1. The van der Waals surface area contributed by atoms with E-state index >= 15 is 0 Å². The maximum atomic E-state index is 9.41. The van der Waals surface area contributed by atoms with Crippen molar-refractivity contribution in [3.63, 3.8) is 0 Å². The summed E-state index contributed by atoms with van der Waals surface area (Å²) in [6.07, 6.45) is 2.37. The topological polar surface area (TPSA) is 35.5 Å². The van der Waals surface area contributed by atoms with Crippen LogP contribution in [0, 0.1) is 11.3 Å². The lowest BCUT2D eigenvalue weighted by atomic mass is 9.84. The van der Waals surface area contributed by atoms with Crippen LogP contribution in [0.3, 0.4) is 0 Å². The van der Waals surface area contributed by atoms with Crippen LogP contribution in [-0.4, -0.2) is 48.8 Å². The molecule has 0 aliphatic heterocycles. The smallest absolute Gasteiger partial charge is 0.0638 e. The van der Waals surface area contributed by atoms with Crippen molar-refractivity contribution in [1.82, 2.24) is 10.2 Å². The monoisotopic (exact) mass is 242 g/mol. The van der Waals surface area contributed by atoms with Gasteiger partial charge in [0.1, 0.15) is 0 Å². The average molecular weight is 242 g/mol. The second-order valence-corrected chi connectivity index (χ2v) is 6.39. The molecular weight excluding hydrogens is 212 g/mol. The largest absolute Gasteiger partial charge is 0.392 e. The number of rotatable bonds is 6. The Kier molecular flexibility index (Phi) is 5.42. The fourth-order valence-corrected chi connectivity index (χ4v) is 3.30. The summed E-state index contributed by atoms with van der Waals surface area (Å²) >= 11 is 0. The van der Waals surface area contributed by atoms with Gasteiger partial charge in [-0.05, 0) is 44.7 Å². The molecule has 102 valence electrons. The summed E-state index contributed by atoms with van der Waals surface area (Å²) in [7, 11) is 2.11. The quantitative estimate of drug-likeness (QED) is 0.744. The van der Waals surface area contributed by atoms with E-state index in [4.69, 9.17) is 0 Å². The molecule has 1 rings (SSSR count). The van der Waals surface area contributed by atoms with E-state index in [-0.39, 0.29) is 6.10 Å². The predicted octanol–water partition coefficient (Wildman–Crippen LogP) is 1.71. The lowest BCUT2D eigenvalue weighted by molar-refractivity contribution is 0.124. The van der Waals surface area contributed by atoms with Crippen molar-refractivity contribution in [3.05, 3.63) is 0 Å². The zero-order valence-corrected chi connectivity index (χ0v) is 12.2. The fraction of sp³-hybridized carbons (Fsp3) is 1.00. The van der Waals surface area contributed by atoms with E-state index in [2.05, 4.69) is 38.0 Å². The highest BCUT2D eigenvalue weighted by atomic mass is 16.3. The Morgan fingerprint density at radius 3 is 2.65 bits per heavy atom. The van der Waals surface area contributed by atoms with E-state index in [0.29, 0.717) is 17.4 Å². The second-order valence-electron chi connectivity index (χ2n) is 6.39. The molecule has 0 aromatic heterocycles. The minimum absolute atomic E-state index is 0.230. The Morgan fingerprint density at radius 2 is 2.12 bits per heavy atom. The Morgan fingerprint density at radius 1 is 1.47 bits per heavy atom. The Hall–Kier alpha value is -0.120. The van der Waals surface area contributed by atoms with Crippen molar-refractivity contribution in [2.75, 3.05) is 26.7 Å². The zero-order valence-electron chi connectivity index (χ0n) is 12.2. The van der Waals surface area contributed by atoms with Crippen LogP contribution in [0.25, 0.3) is 0 Å². The first kappa shape index (κ1) is 14.9. The zero-order chi connectivity index (χ0) is 13.1. The van der Waals surface area contributed by atoms with Crippen molar-refractivity contribution in [1.29, 1.82) is 0 Å². The van der Waals surface area contributed by atoms with Crippen LogP contribution in [0.4, 0.5) is 0 Å². The highest BCUT2D eigenvalue weighted by Gasteiger charge is 2.41. The van der Waals surface area contributed by atoms with E-state index in [9.17, 15) is 5.11 Å². The molecule has 1 aliphatic rings. The molecule has 3 atom stereocenters. The molecule has 0 saturated heterocycles. The maximum absolute atomic E-state index is 9.41. The van der Waals surface area contributed by atoms with Gasteiger partial charge in [0.05, 0.1) is 6.10 Å². The molecule has 0 aromatic rings. The maximum Gasteiger partial charge on any atom is 0.0638 e. The molecule has 3 heteroatoms. The molecular formula is C14H30N2O. The highest BCUT2D eigenvalue weighted by Crippen LogP contribution is 2.41. The summed E-state index contributed by atoms with van der Waals surface area (Å²) in [6, 6.07) is 0.615. The first-order chi connectivity index (χ1) is 7.86. The Balaban J connectivity index is 2.52. The molecule has 0 aromatic carbocycles. The molecule has 0 amide bonds. The molecule has 0 bridgehead atoms. The summed E-state index contributed by atoms with van der Waals surface area (Å²) in [5.41, 5.74) is 0.409. The van der Waals surface area contributed by atoms with Crippen LogP contribution < -0.4 is 5.32 Å². The summed E-state index contributed by atoms with van der Waals surface area (Å²) in [5.74, 6) is 0.716. The summed E-state index contributed by atoms with van der Waals surface area (Å²) < 4.78 is 0. The third-order valence-corrected chi connectivity index (χ3v) is 4.02. The van der Waals surface area contributed by atoms with Gasteiger partial charge in [-0.15, -0.1) is 0 Å². The van der Waals surface area contributed by atoms with Crippen molar-refractivity contribution in [3.8, 4) is 0 Å². The van der Waals surface area contributed by atoms with E-state index in [1.54, 1.807) is 0 Å². The van der Waals surface area contributed by atoms with Gasteiger partial charge in [-0.2, -0.15) is 0 Å². The van der Waals surface area contributed by atoms with Gasteiger partial charge in [0.25, 0.3) is 0 Å². The molecule has 1 aliphatic carbocycles. The SMILES string of the molecule is CCNC1C(CN(C)CC(C)O)CCC1(C)C. The molecule has 1 saturated carbocycles. The molecule has 0 radical (unpaired) electrons. The number of hydrogen-bond donors (Lipinski definition) is 2. The van der Waals surface area contributed by atoms with Gasteiger partial charge in [0, 0.05) is 19.1 Å². The lowest BCUT2D eigenvalue weighted by Gasteiger charge is -2.33. The number of nitrogens with zero attached hydrogens (tertiary/aromatic N) is 1. The lowest BCUT2D eigenvalue weighted by Crippen LogP contribution is -2.45. The number of nitrogens with one attached hydrogen (secondary N) is 1. The van der Waals surface area contributed by atoms with Crippen LogP contribution in [0.1, 0.15) is 40.5 Å². The molecule has 0 spiro atoms. The Bertz CT molecular complexity index is 228. The number of hydrogen-bond acceptors (Lipinski definition) is 3. The van der Waals surface area contributed by atoms with Crippen LogP contribution >= 0.6 is 0 Å². The number of likely N-dealkylation sites (N-methyl/N-ethyl adjacent to an activating group) is 1. The summed E-state index contributed by atoms with van der Waals surface area (Å²) in [4.78, 5) is 2.26. The van der Waals surface area contributed by atoms with Gasteiger partial charge in [-0.1, -0.05) is 20.8 Å². The molecule has 3 unspecified atom stereocenters. The molecule has 17 heavy (non-hydrogen) atoms. The molecule has 3 nitrogen and oxygen atoms in total. The van der Waals surface area contributed by atoms with Crippen molar-refractivity contribution in [2.24, 2.45) is 11.3 Å². The third-order valence-electron chi connectivity index (χ3n) is 4.02. The highest BCUT2D eigenvalue weighted by molar-refractivity contribution is 4.96. The predicted molar refractivity (Wildman–Crippen MR) is 73.1 cm³/mol.